The molecule has 8 heteroatoms. The normalized spacial score (nSPS) is 10.3. The van der Waals surface area contributed by atoms with E-state index in [9.17, 15) is 23.2 Å². The number of nitrogens with one attached hydrogen (secondary N) is 1. The molecule has 1 amide bonds. The van der Waals surface area contributed by atoms with E-state index in [1.54, 1.807) is 12.1 Å². The highest BCUT2D eigenvalue weighted by Crippen LogP contribution is 2.10. The highest BCUT2D eigenvalue weighted by Gasteiger charge is 2.13. The van der Waals surface area contributed by atoms with E-state index in [0.717, 1.165) is 18.2 Å². The fraction of sp³-hybridized carbons (Fsp3) is 0.167. The van der Waals surface area contributed by atoms with Crippen LogP contribution in [0.15, 0.2) is 42.5 Å². The zero-order chi connectivity index (χ0) is 19.1. The summed E-state index contributed by atoms with van der Waals surface area (Å²) in [5.41, 5.74) is 0.282. The summed E-state index contributed by atoms with van der Waals surface area (Å²) in [5.74, 6) is -3.99. The van der Waals surface area contributed by atoms with Crippen molar-refractivity contribution in [2.75, 3.05) is 13.2 Å². The molecule has 2 rings (SSSR count). The fourth-order valence-electron chi connectivity index (χ4n) is 1.95. The van der Waals surface area contributed by atoms with Crippen molar-refractivity contribution in [3.05, 3.63) is 70.2 Å². The van der Waals surface area contributed by atoms with Crippen molar-refractivity contribution in [3.63, 3.8) is 0 Å². The first-order chi connectivity index (χ1) is 12.4. The lowest BCUT2D eigenvalue weighted by molar-refractivity contribution is -0.142. The molecule has 0 bridgehead atoms. The second-order valence-corrected chi connectivity index (χ2v) is 5.66. The predicted octanol–water partition coefficient (Wildman–Crippen LogP) is 3.16. The molecule has 0 radical (unpaired) electrons. The van der Waals surface area contributed by atoms with Gasteiger partial charge in [-0.3, -0.25) is 14.4 Å². The molecule has 0 atom stereocenters. The van der Waals surface area contributed by atoms with Gasteiger partial charge in [0.1, 0.15) is 0 Å². The number of hydrogen-bond acceptors (Lipinski definition) is 4. The third kappa shape index (κ3) is 5.63. The zero-order valence-corrected chi connectivity index (χ0v) is 14.2. The average molecular weight is 382 g/mol. The molecule has 0 spiro atoms. The van der Waals surface area contributed by atoms with Gasteiger partial charge in [0.2, 0.25) is 0 Å². The van der Waals surface area contributed by atoms with E-state index < -0.39 is 30.0 Å². The van der Waals surface area contributed by atoms with Crippen LogP contribution in [-0.4, -0.2) is 30.8 Å². The van der Waals surface area contributed by atoms with Crippen LogP contribution >= 0.6 is 11.6 Å². The van der Waals surface area contributed by atoms with E-state index in [1.165, 1.54) is 12.1 Å². The Hall–Kier alpha value is -2.80. The van der Waals surface area contributed by atoms with E-state index in [1.807, 2.05) is 0 Å². The van der Waals surface area contributed by atoms with Gasteiger partial charge in [-0.05, 0) is 42.5 Å². The van der Waals surface area contributed by atoms with Crippen molar-refractivity contribution < 1.29 is 27.9 Å². The lowest BCUT2D eigenvalue weighted by Gasteiger charge is -2.06. The number of halogens is 3. The first-order valence-electron chi connectivity index (χ1n) is 7.54. The molecule has 0 aromatic heterocycles. The number of carbonyl (C=O) groups excluding carboxylic acids is 3. The number of ketones is 1. The highest BCUT2D eigenvalue weighted by molar-refractivity contribution is 6.30. The van der Waals surface area contributed by atoms with Gasteiger partial charge < -0.3 is 10.1 Å². The molecule has 2 aromatic carbocycles. The number of rotatable bonds is 7. The Labute approximate surface area is 152 Å². The number of carbonyl (C=O) groups is 3. The Morgan fingerprint density at radius 2 is 1.62 bits per heavy atom. The monoisotopic (exact) mass is 381 g/mol. The van der Waals surface area contributed by atoms with Crippen LogP contribution in [0.3, 0.4) is 0 Å². The molecule has 0 aliphatic heterocycles. The lowest BCUT2D eigenvalue weighted by Crippen LogP contribution is -2.27. The van der Waals surface area contributed by atoms with Crippen molar-refractivity contribution in [1.82, 2.24) is 5.32 Å². The van der Waals surface area contributed by atoms with Crippen LogP contribution < -0.4 is 5.32 Å². The topological polar surface area (TPSA) is 72.5 Å². The summed E-state index contributed by atoms with van der Waals surface area (Å²) in [6, 6.07) is 8.85. The molecule has 0 saturated carbocycles. The van der Waals surface area contributed by atoms with Crippen molar-refractivity contribution >= 4 is 29.3 Å². The van der Waals surface area contributed by atoms with Crippen molar-refractivity contribution in [2.24, 2.45) is 0 Å². The van der Waals surface area contributed by atoms with Gasteiger partial charge in [0.25, 0.3) is 5.91 Å². The van der Waals surface area contributed by atoms with Gasteiger partial charge in [-0.2, -0.15) is 0 Å². The Balaban J connectivity index is 1.73. The zero-order valence-electron chi connectivity index (χ0n) is 13.4. The van der Waals surface area contributed by atoms with Gasteiger partial charge in [0.15, 0.2) is 24.0 Å². The third-order valence-electron chi connectivity index (χ3n) is 3.33. The standard InChI is InChI=1S/C18H14ClF2NO4/c19-13-4-1-11(2-5-13)18(25)22-8-7-17(24)26-10-16(23)12-3-6-14(20)15(21)9-12/h1-6,9H,7-8,10H2,(H,22,25). The maximum atomic E-state index is 13.1. The van der Waals surface area contributed by atoms with Crippen LogP contribution in [0.4, 0.5) is 8.78 Å². The van der Waals surface area contributed by atoms with E-state index >= 15 is 0 Å². The minimum Gasteiger partial charge on any atom is -0.457 e. The molecule has 1 N–H and O–H groups in total. The van der Waals surface area contributed by atoms with E-state index in [4.69, 9.17) is 16.3 Å². The van der Waals surface area contributed by atoms with E-state index in [2.05, 4.69) is 5.32 Å². The van der Waals surface area contributed by atoms with Gasteiger partial charge >= 0.3 is 5.97 Å². The van der Waals surface area contributed by atoms with Crippen LogP contribution in [-0.2, 0) is 9.53 Å². The molecule has 0 aliphatic rings. The summed E-state index contributed by atoms with van der Waals surface area (Å²) in [7, 11) is 0. The maximum Gasteiger partial charge on any atom is 0.308 e. The molecule has 26 heavy (non-hydrogen) atoms. The summed E-state index contributed by atoms with van der Waals surface area (Å²) in [6.45, 7) is -0.589. The molecule has 5 nitrogen and oxygen atoms in total. The predicted molar refractivity (Wildman–Crippen MR) is 90.0 cm³/mol. The Bertz CT molecular complexity index is 824. The number of benzene rings is 2. The van der Waals surface area contributed by atoms with Gasteiger partial charge in [0.05, 0.1) is 6.42 Å². The SMILES string of the molecule is O=C(CCNC(=O)c1ccc(Cl)cc1)OCC(=O)c1ccc(F)c(F)c1. The molecule has 0 saturated heterocycles. The van der Waals surface area contributed by atoms with Gasteiger partial charge in [-0.15, -0.1) is 0 Å². The summed E-state index contributed by atoms with van der Waals surface area (Å²) >= 11 is 5.72. The Morgan fingerprint density at radius 3 is 2.27 bits per heavy atom. The lowest BCUT2D eigenvalue weighted by atomic mass is 10.1. The second-order valence-electron chi connectivity index (χ2n) is 5.23. The summed E-state index contributed by atoms with van der Waals surface area (Å²) in [4.78, 5) is 35.2. The largest absolute Gasteiger partial charge is 0.457 e. The quantitative estimate of drug-likeness (QED) is 0.590. The van der Waals surface area contributed by atoms with Crippen molar-refractivity contribution in [1.29, 1.82) is 0 Å². The van der Waals surface area contributed by atoms with Crippen LogP contribution in [0.25, 0.3) is 0 Å². The van der Waals surface area contributed by atoms with Crippen molar-refractivity contribution in [3.8, 4) is 0 Å². The molecular formula is C18H14ClF2NO4. The molecule has 0 aliphatic carbocycles. The fourth-order valence-corrected chi connectivity index (χ4v) is 2.08. The number of amides is 1. The van der Waals surface area contributed by atoms with Gasteiger partial charge in [-0.25, -0.2) is 8.78 Å². The minimum atomic E-state index is -1.16. The summed E-state index contributed by atoms with van der Waals surface area (Å²) < 4.78 is 30.6. The number of hydrogen-bond donors (Lipinski definition) is 1. The van der Waals surface area contributed by atoms with E-state index in [0.29, 0.717) is 10.6 Å². The summed E-state index contributed by atoms with van der Waals surface area (Å²) in [5, 5.41) is 3.02. The molecule has 0 unspecified atom stereocenters. The second kappa shape index (κ2) is 9.05. The molecule has 0 fully saturated rings. The first-order valence-corrected chi connectivity index (χ1v) is 7.92. The average Bonchev–Trinajstić information content (AvgIpc) is 2.62. The Morgan fingerprint density at radius 1 is 0.962 bits per heavy atom. The smallest absolute Gasteiger partial charge is 0.308 e. The Kier molecular flexibility index (Phi) is 6.80. The summed E-state index contributed by atoms with van der Waals surface area (Å²) in [6.07, 6.45) is -0.148. The van der Waals surface area contributed by atoms with Gasteiger partial charge in [0, 0.05) is 22.7 Å². The molecule has 2 aromatic rings. The molecule has 136 valence electrons. The van der Waals surface area contributed by atoms with Crippen LogP contribution in [0, 0.1) is 11.6 Å². The number of esters is 1. The molecule has 0 heterocycles. The van der Waals surface area contributed by atoms with Crippen LogP contribution in [0.5, 0.6) is 0 Å². The molecular weight excluding hydrogens is 368 g/mol. The first kappa shape index (κ1) is 19.5. The number of ether oxygens (including phenoxy) is 1. The minimum absolute atomic E-state index is 0.0136. The van der Waals surface area contributed by atoms with Gasteiger partial charge in [-0.1, -0.05) is 11.6 Å². The number of Topliss-reactive ketones (excluding diaryl/α,β-unsaturated/α-hetero) is 1. The highest BCUT2D eigenvalue weighted by atomic mass is 35.5. The van der Waals surface area contributed by atoms with Crippen LogP contribution in [0.2, 0.25) is 5.02 Å². The van der Waals surface area contributed by atoms with E-state index in [-0.39, 0.29) is 24.4 Å². The van der Waals surface area contributed by atoms with Crippen LogP contribution in [0.1, 0.15) is 27.1 Å². The maximum absolute atomic E-state index is 13.1. The third-order valence-corrected chi connectivity index (χ3v) is 3.58. The van der Waals surface area contributed by atoms with Crippen molar-refractivity contribution in [2.45, 2.75) is 6.42 Å².